The molecule has 0 saturated carbocycles. The molecule has 2 fully saturated rings. The molecular weight excluding hydrogens is 428 g/mol. The molecule has 2 aliphatic heterocycles. The first-order valence-corrected chi connectivity index (χ1v) is 9.94. The lowest BCUT2D eigenvalue weighted by atomic mass is 10.0. The van der Waals surface area contributed by atoms with Crippen LogP contribution < -0.4 is 5.32 Å². The number of halogens is 6. The molecule has 0 bridgehead atoms. The Labute approximate surface area is 175 Å². The molecule has 31 heavy (non-hydrogen) atoms. The van der Waals surface area contributed by atoms with Gasteiger partial charge in [0.1, 0.15) is 6.54 Å². The fourth-order valence-electron chi connectivity index (χ4n) is 3.98. The number of piperidine rings is 1. The second-order valence-electron chi connectivity index (χ2n) is 8.05. The third-order valence-corrected chi connectivity index (χ3v) is 5.55. The van der Waals surface area contributed by atoms with E-state index in [2.05, 4.69) is 5.32 Å². The van der Waals surface area contributed by atoms with Crippen molar-refractivity contribution in [3.8, 4) is 0 Å². The van der Waals surface area contributed by atoms with Crippen LogP contribution in [-0.2, 0) is 22.3 Å². The topological polar surface area (TPSA) is 52.7 Å². The molecule has 1 aromatic carbocycles. The smallest absolute Gasteiger partial charge is 0.353 e. The molecule has 1 atom stereocenters. The Morgan fingerprint density at radius 1 is 1.10 bits per heavy atom. The summed E-state index contributed by atoms with van der Waals surface area (Å²) in [5.74, 6) is -1.93. The van der Waals surface area contributed by atoms with Crippen molar-refractivity contribution >= 4 is 11.8 Å². The number of hydrogen-bond acceptors (Lipinski definition) is 3. The first kappa shape index (κ1) is 23.4. The molecule has 1 unspecified atom stereocenters. The Hall–Kier alpha value is -2.30. The van der Waals surface area contributed by atoms with Gasteiger partial charge in [-0.05, 0) is 24.5 Å². The highest BCUT2D eigenvalue weighted by Gasteiger charge is 2.41. The van der Waals surface area contributed by atoms with Crippen LogP contribution in [0.5, 0.6) is 0 Å². The summed E-state index contributed by atoms with van der Waals surface area (Å²) in [7, 11) is 0. The Balaban J connectivity index is 1.45. The van der Waals surface area contributed by atoms with Gasteiger partial charge in [-0.3, -0.25) is 14.5 Å². The van der Waals surface area contributed by atoms with Crippen LogP contribution in [0.4, 0.5) is 26.3 Å². The van der Waals surface area contributed by atoms with E-state index < -0.39 is 42.2 Å². The van der Waals surface area contributed by atoms with Gasteiger partial charge in [0.2, 0.25) is 11.8 Å². The van der Waals surface area contributed by atoms with Gasteiger partial charge in [-0.15, -0.1) is 0 Å². The average Bonchev–Trinajstić information content (AvgIpc) is 3.02. The summed E-state index contributed by atoms with van der Waals surface area (Å²) in [6.07, 6.45) is -8.01. The lowest BCUT2D eigenvalue weighted by molar-refractivity contribution is -0.157. The van der Waals surface area contributed by atoms with Crippen LogP contribution in [0, 0.1) is 5.92 Å². The number of alkyl halides is 6. The molecule has 3 rings (SSSR count). The van der Waals surface area contributed by atoms with Crippen LogP contribution in [0.2, 0.25) is 0 Å². The van der Waals surface area contributed by atoms with Crippen LogP contribution in [0.15, 0.2) is 24.3 Å². The highest BCUT2D eigenvalue weighted by molar-refractivity contribution is 5.89. The number of carbonyl (C=O) groups excluding carboxylic acids is 2. The number of likely N-dealkylation sites (tertiary alicyclic amines) is 2. The summed E-state index contributed by atoms with van der Waals surface area (Å²) in [4.78, 5) is 26.8. The summed E-state index contributed by atoms with van der Waals surface area (Å²) in [5, 5.41) is 2.80. The van der Waals surface area contributed by atoms with E-state index in [0.29, 0.717) is 42.9 Å². The van der Waals surface area contributed by atoms with Crippen molar-refractivity contribution in [2.24, 2.45) is 5.92 Å². The fraction of sp³-hybridized carbons (Fsp3) is 0.600. The van der Waals surface area contributed by atoms with Gasteiger partial charge < -0.3 is 10.2 Å². The van der Waals surface area contributed by atoms with Crippen molar-refractivity contribution in [2.75, 3.05) is 26.2 Å². The fourth-order valence-corrected chi connectivity index (χ4v) is 3.98. The molecule has 0 aliphatic carbocycles. The summed E-state index contributed by atoms with van der Waals surface area (Å²) in [6, 6.07) is 4.97. The lowest BCUT2D eigenvalue weighted by Crippen LogP contribution is -2.46. The van der Waals surface area contributed by atoms with Gasteiger partial charge >= 0.3 is 12.4 Å². The molecule has 2 aliphatic rings. The first-order valence-electron chi connectivity index (χ1n) is 9.94. The molecule has 1 N–H and O–H groups in total. The van der Waals surface area contributed by atoms with Gasteiger partial charge in [-0.25, -0.2) is 0 Å². The third-order valence-electron chi connectivity index (χ3n) is 5.55. The van der Waals surface area contributed by atoms with E-state index in [0.717, 1.165) is 12.1 Å². The number of nitrogens with zero attached hydrogens (tertiary/aromatic N) is 2. The molecule has 2 heterocycles. The highest BCUT2D eigenvalue weighted by atomic mass is 19.4. The lowest BCUT2D eigenvalue weighted by Gasteiger charge is -2.33. The molecule has 2 amide bonds. The Morgan fingerprint density at radius 2 is 1.77 bits per heavy atom. The number of rotatable bonds is 5. The second-order valence-corrected chi connectivity index (χ2v) is 8.05. The minimum Gasteiger partial charge on any atom is -0.353 e. The van der Waals surface area contributed by atoms with E-state index in [4.69, 9.17) is 0 Å². The van der Waals surface area contributed by atoms with E-state index in [1.807, 2.05) is 4.90 Å². The van der Waals surface area contributed by atoms with Gasteiger partial charge in [0.25, 0.3) is 0 Å². The number of benzene rings is 1. The molecule has 0 radical (unpaired) electrons. The number of nitrogens with one attached hydrogen (secondary N) is 1. The Bertz CT molecular complexity index is 803. The minimum absolute atomic E-state index is 0.183. The van der Waals surface area contributed by atoms with Gasteiger partial charge in [-0.1, -0.05) is 18.2 Å². The number of carbonyl (C=O) groups is 2. The molecule has 172 valence electrons. The molecule has 11 heteroatoms. The number of hydrogen-bond donors (Lipinski definition) is 1. The van der Waals surface area contributed by atoms with Crippen molar-refractivity contribution in [3.63, 3.8) is 0 Å². The molecule has 2 saturated heterocycles. The standard InChI is InChI=1S/C20H23F6N3O2/c21-19(22,23)12-29-11-14(9-17(29)30)18(31)27-16-4-6-28(7-5-16)10-13-2-1-3-15(8-13)20(24,25)26/h1-3,8,14,16H,4-7,9-12H2,(H,27,31). The van der Waals surface area contributed by atoms with Crippen LogP contribution >= 0.6 is 0 Å². The SMILES string of the molecule is O=C(NC1CCN(Cc2cccc(C(F)(F)F)c2)CC1)C1CC(=O)N(CC(F)(F)F)C1. The zero-order chi connectivity index (χ0) is 22.8. The van der Waals surface area contributed by atoms with Crippen LogP contribution in [0.25, 0.3) is 0 Å². The van der Waals surface area contributed by atoms with Crippen LogP contribution in [-0.4, -0.2) is 60.0 Å². The normalized spacial score (nSPS) is 21.5. The molecule has 5 nitrogen and oxygen atoms in total. The third kappa shape index (κ3) is 6.59. The van der Waals surface area contributed by atoms with Crippen LogP contribution in [0.1, 0.15) is 30.4 Å². The predicted molar refractivity (Wildman–Crippen MR) is 98.6 cm³/mol. The summed E-state index contributed by atoms with van der Waals surface area (Å²) >= 11 is 0. The quantitative estimate of drug-likeness (QED) is 0.700. The molecule has 0 aromatic heterocycles. The van der Waals surface area contributed by atoms with Gasteiger partial charge in [0, 0.05) is 38.6 Å². The zero-order valence-corrected chi connectivity index (χ0v) is 16.6. The second kappa shape index (κ2) is 9.05. The van der Waals surface area contributed by atoms with Gasteiger partial charge in [0.15, 0.2) is 0 Å². The van der Waals surface area contributed by atoms with E-state index in [1.54, 1.807) is 6.07 Å². The highest BCUT2D eigenvalue weighted by Crippen LogP contribution is 2.30. The summed E-state index contributed by atoms with van der Waals surface area (Å²) < 4.78 is 76.0. The van der Waals surface area contributed by atoms with E-state index in [9.17, 15) is 35.9 Å². The van der Waals surface area contributed by atoms with Gasteiger partial charge in [0.05, 0.1) is 11.5 Å². The number of amides is 2. The molecule has 0 spiro atoms. The van der Waals surface area contributed by atoms with Crippen molar-refractivity contribution in [1.82, 2.24) is 15.1 Å². The maximum Gasteiger partial charge on any atom is 0.416 e. The van der Waals surface area contributed by atoms with Crippen molar-refractivity contribution in [2.45, 2.75) is 44.2 Å². The summed E-state index contributed by atoms with van der Waals surface area (Å²) in [6.45, 7) is -0.133. The van der Waals surface area contributed by atoms with E-state index in [-0.39, 0.29) is 19.0 Å². The summed E-state index contributed by atoms with van der Waals surface area (Å²) in [5.41, 5.74) is -0.149. The monoisotopic (exact) mass is 451 g/mol. The Kier molecular flexibility index (Phi) is 6.82. The van der Waals surface area contributed by atoms with Crippen LogP contribution in [0.3, 0.4) is 0 Å². The van der Waals surface area contributed by atoms with Crippen molar-refractivity contribution < 1.29 is 35.9 Å². The molecule has 1 aromatic rings. The average molecular weight is 451 g/mol. The minimum atomic E-state index is -4.51. The van der Waals surface area contributed by atoms with E-state index in [1.165, 1.54) is 6.07 Å². The maximum atomic E-state index is 12.8. The zero-order valence-electron chi connectivity index (χ0n) is 16.6. The maximum absolute atomic E-state index is 12.8. The first-order chi connectivity index (χ1) is 14.4. The van der Waals surface area contributed by atoms with Crippen molar-refractivity contribution in [3.05, 3.63) is 35.4 Å². The predicted octanol–water partition coefficient (Wildman–Crippen LogP) is 3.20. The van der Waals surface area contributed by atoms with E-state index >= 15 is 0 Å². The van der Waals surface area contributed by atoms with Crippen molar-refractivity contribution in [1.29, 1.82) is 0 Å². The van der Waals surface area contributed by atoms with Gasteiger partial charge in [-0.2, -0.15) is 26.3 Å². The Morgan fingerprint density at radius 3 is 2.39 bits per heavy atom. The largest absolute Gasteiger partial charge is 0.416 e. The molecular formula is C20H23F6N3O2.